The Hall–Kier alpha value is -3.22. The molecule has 0 fully saturated rings. The summed E-state index contributed by atoms with van der Waals surface area (Å²) >= 11 is 0. The van der Waals surface area contributed by atoms with Crippen LogP contribution in [0.3, 0.4) is 0 Å². The maximum absolute atomic E-state index is 13.1. The molecule has 3 amide bonds. The van der Waals surface area contributed by atoms with E-state index < -0.39 is 17.8 Å². The molecule has 6 nitrogen and oxygen atoms in total. The summed E-state index contributed by atoms with van der Waals surface area (Å²) in [7, 11) is 0. The summed E-state index contributed by atoms with van der Waals surface area (Å²) in [5, 5.41) is 5.57. The predicted octanol–water partition coefficient (Wildman–Crippen LogP) is 3.13. The van der Waals surface area contributed by atoms with Crippen molar-refractivity contribution in [3.8, 4) is 0 Å². The summed E-state index contributed by atoms with van der Waals surface area (Å²) in [6.07, 6.45) is 0.730. The van der Waals surface area contributed by atoms with Crippen LogP contribution < -0.4 is 15.5 Å². The molecule has 2 aromatic carbocycles. The van der Waals surface area contributed by atoms with Gasteiger partial charge in [0.15, 0.2) is 0 Å². The Morgan fingerprint density at radius 3 is 2.38 bits per heavy atom. The summed E-state index contributed by atoms with van der Waals surface area (Å²) in [5.41, 5.74) is 2.75. The number of fused-ring (bicyclic) bond motifs is 1. The molecule has 1 aliphatic rings. The molecule has 152 valence electrons. The molecule has 0 aliphatic carbocycles. The lowest BCUT2D eigenvalue weighted by Crippen LogP contribution is -2.47. The van der Waals surface area contributed by atoms with Crippen LogP contribution in [0, 0.1) is 11.7 Å². The molecule has 0 saturated carbocycles. The number of halogens is 1. The highest BCUT2D eigenvalue weighted by Crippen LogP contribution is 2.30. The molecule has 29 heavy (non-hydrogen) atoms. The smallest absolute Gasteiger partial charge is 0.251 e. The van der Waals surface area contributed by atoms with Crippen molar-refractivity contribution in [3.05, 3.63) is 59.4 Å². The number of rotatable bonds is 5. The van der Waals surface area contributed by atoms with E-state index in [0.29, 0.717) is 12.2 Å². The highest BCUT2D eigenvalue weighted by molar-refractivity contribution is 6.01. The van der Waals surface area contributed by atoms with Crippen molar-refractivity contribution in [1.29, 1.82) is 0 Å². The van der Waals surface area contributed by atoms with Crippen LogP contribution >= 0.6 is 0 Å². The number of carbonyl (C=O) groups excluding carboxylic acids is 3. The number of anilines is 2. The van der Waals surface area contributed by atoms with Gasteiger partial charge in [0.1, 0.15) is 11.9 Å². The van der Waals surface area contributed by atoms with E-state index in [0.717, 1.165) is 17.7 Å². The van der Waals surface area contributed by atoms with E-state index in [1.54, 1.807) is 11.0 Å². The minimum Gasteiger partial charge on any atom is -0.340 e. The number of carbonyl (C=O) groups is 3. The minimum absolute atomic E-state index is 0.0103. The molecule has 0 saturated heterocycles. The molecule has 1 atom stereocenters. The highest BCUT2D eigenvalue weighted by atomic mass is 19.1. The van der Waals surface area contributed by atoms with Crippen LogP contribution in [0.25, 0.3) is 0 Å². The molecule has 0 unspecified atom stereocenters. The van der Waals surface area contributed by atoms with Gasteiger partial charge < -0.3 is 15.5 Å². The third-order valence-corrected chi connectivity index (χ3v) is 4.96. The summed E-state index contributed by atoms with van der Waals surface area (Å²) < 4.78 is 13.1. The zero-order chi connectivity index (χ0) is 21.1. The second-order valence-corrected chi connectivity index (χ2v) is 7.46. The van der Waals surface area contributed by atoms with E-state index in [1.165, 1.54) is 31.2 Å². The number of hydrogen-bond acceptors (Lipinski definition) is 3. The molecule has 2 aromatic rings. The van der Waals surface area contributed by atoms with Gasteiger partial charge in [-0.2, -0.15) is 0 Å². The van der Waals surface area contributed by atoms with Crippen molar-refractivity contribution in [2.24, 2.45) is 5.92 Å². The largest absolute Gasteiger partial charge is 0.340 e. The van der Waals surface area contributed by atoms with Crippen LogP contribution in [0.5, 0.6) is 0 Å². The predicted molar refractivity (Wildman–Crippen MR) is 109 cm³/mol. The monoisotopic (exact) mass is 397 g/mol. The Morgan fingerprint density at radius 2 is 1.76 bits per heavy atom. The lowest BCUT2D eigenvalue weighted by atomic mass is 10.0. The molecule has 2 N–H and O–H groups in total. The number of nitrogens with one attached hydrogen (secondary N) is 2. The number of hydrogen-bond donors (Lipinski definition) is 2. The van der Waals surface area contributed by atoms with Gasteiger partial charge in [-0.15, -0.1) is 0 Å². The molecule has 0 aromatic heterocycles. The number of nitrogens with zero attached hydrogens (tertiary/aromatic N) is 1. The second-order valence-electron chi connectivity index (χ2n) is 7.46. The van der Waals surface area contributed by atoms with Crippen molar-refractivity contribution in [2.75, 3.05) is 16.8 Å². The minimum atomic E-state index is -0.755. The third kappa shape index (κ3) is 4.62. The Balaban J connectivity index is 1.71. The highest BCUT2D eigenvalue weighted by Gasteiger charge is 2.26. The van der Waals surface area contributed by atoms with E-state index in [-0.39, 0.29) is 23.3 Å². The van der Waals surface area contributed by atoms with Crippen LogP contribution in [-0.4, -0.2) is 30.3 Å². The Morgan fingerprint density at radius 1 is 1.07 bits per heavy atom. The Kier molecular flexibility index (Phi) is 5.96. The van der Waals surface area contributed by atoms with Crippen LogP contribution in [0.4, 0.5) is 15.8 Å². The zero-order valence-corrected chi connectivity index (χ0v) is 16.7. The number of benzene rings is 2. The zero-order valence-electron chi connectivity index (χ0n) is 16.7. The quantitative estimate of drug-likeness (QED) is 0.814. The summed E-state index contributed by atoms with van der Waals surface area (Å²) in [6.45, 7) is 5.83. The van der Waals surface area contributed by atoms with Gasteiger partial charge in [-0.3, -0.25) is 14.4 Å². The molecular formula is C22H24FN3O3. The average molecular weight is 397 g/mol. The van der Waals surface area contributed by atoms with Gasteiger partial charge in [0, 0.05) is 30.4 Å². The van der Waals surface area contributed by atoms with Gasteiger partial charge in [0.25, 0.3) is 5.91 Å². The van der Waals surface area contributed by atoms with Crippen molar-refractivity contribution in [1.82, 2.24) is 5.32 Å². The first-order chi connectivity index (χ1) is 13.8. The standard InChI is InChI=1S/C22H24FN3O3/c1-13(2)20(25-21(28)15-4-6-17(23)7-5-15)22(29)24-18-8-9-19-16(12-18)10-11-26(19)14(3)27/h4-9,12-13,20H,10-11H2,1-3H3,(H,24,29)(H,25,28)/t20-/m0/s1. The van der Waals surface area contributed by atoms with Gasteiger partial charge in [0.2, 0.25) is 11.8 Å². The van der Waals surface area contributed by atoms with Crippen molar-refractivity contribution < 1.29 is 18.8 Å². The van der Waals surface area contributed by atoms with Gasteiger partial charge in [-0.05, 0) is 60.4 Å². The van der Waals surface area contributed by atoms with E-state index >= 15 is 0 Å². The molecule has 1 aliphatic heterocycles. The topological polar surface area (TPSA) is 78.5 Å². The van der Waals surface area contributed by atoms with Crippen LogP contribution in [0.1, 0.15) is 36.7 Å². The van der Waals surface area contributed by atoms with E-state index in [4.69, 9.17) is 0 Å². The lowest BCUT2D eigenvalue weighted by Gasteiger charge is -2.22. The fourth-order valence-electron chi connectivity index (χ4n) is 3.39. The SMILES string of the molecule is CC(=O)N1CCc2cc(NC(=O)[C@@H](NC(=O)c3ccc(F)cc3)C(C)C)ccc21. The Bertz CT molecular complexity index is 941. The molecule has 7 heteroatoms. The Labute approximate surface area is 169 Å². The summed E-state index contributed by atoms with van der Waals surface area (Å²) in [6, 6.07) is 9.83. The average Bonchev–Trinajstić information content (AvgIpc) is 3.09. The first-order valence-corrected chi connectivity index (χ1v) is 9.54. The van der Waals surface area contributed by atoms with Gasteiger partial charge in [0.05, 0.1) is 0 Å². The molecule has 0 radical (unpaired) electrons. The van der Waals surface area contributed by atoms with Gasteiger partial charge >= 0.3 is 0 Å². The van der Waals surface area contributed by atoms with E-state index in [1.807, 2.05) is 26.0 Å². The van der Waals surface area contributed by atoms with Crippen molar-refractivity contribution in [2.45, 2.75) is 33.2 Å². The molecule has 0 bridgehead atoms. The maximum atomic E-state index is 13.1. The number of amides is 3. The van der Waals surface area contributed by atoms with Gasteiger partial charge in [-0.1, -0.05) is 13.8 Å². The molecule has 0 spiro atoms. The second kappa shape index (κ2) is 8.43. The maximum Gasteiger partial charge on any atom is 0.251 e. The normalized spacial score (nSPS) is 13.8. The van der Waals surface area contributed by atoms with Crippen LogP contribution in [0.15, 0.2) is 42.5 Å². The first kappa shape index (κ1) is 20.5. The summed E-state index contributed by atoms with van der Waals surface area (Å²) in [5.74, 6) is -1.37. The lowest BCUT2D eigenvalue weighted by molar-refractivity contribution is -0.119. The molecule has 1 heterocycles. The third-order valence-electron chi connectivity index (χ3n) is 4.96. The van der Waals surface area contributed by atoms with Crippen molar-refractivity contribution >= 4 is 29.1 Å². The fraction of sp³-hybridized carbons (Fsp3) is 0.318. The first-order valence-electron chi connectivity index (χ1n) is 9.54. The molecular weight excluding hydrogens is 373 g/mol. The van der Waals surface area contributed by atoms with Crippen LogP contribution in [-0.2, 0) is 16.0 Å². The van der Waals surface area contributed by atoms with Gasteiger partial charge in [-0.25, -0.2) is 4.39 Å². The van der Waals surface area contributed by atoms with Crippen molar-refractivity contribution in [3.63, 3.8) is 0 Å². The fourth-order valence-corrected chi connectivity index (χ4v) is 3.39. The van der Waals surface area contributed by atoms with E-state index in [2.05, 4.69) is 10.6 Å². The molecule has 3 rings (SSSR count). The van der Waals surface area contributed by atoms with Crippen LogP contribution in [0.2, 0.25) is 0 Å². The summed E-state index contributed by atoms with van der Waals surface area (Å²) in [4.78, 5) is 38.6. The van der Waals surface area contributed by atoms with E-state index in [9.17, 15) is 18.8 Å².